The summed E-state index contributed by atoms with van der Waals surface area (Å²) in [4.78, 5) is 11.9. The first kappa shape index (κ1) is 14.1. The third-order valence-corrected chi connectivity index (χ3v) is 3.92. The van der Waals surface area contributed by atoms with Crippen molar-refractivity contribution in [3.8, 4) is 0 Å². The lowest BCUT2D eigenvalue weighted by molar-refractivity contribution is -0.147. The maximum atomic E-state index is 11.9. The summed E-state index contributed by atoms with van der Waals surface area (Å²) < 4.78 is 6.54. The van der Waals surface area contributed by atoms with Crippen LogP contribution in [0.15, 0.2) is 54.6 Å². The number of benzene rings is 2. The zero-order valence-corrected chi connectivity index (χ0v) is 12.8. The van der Waals surface area contributed by atoms with Crippen molar-refractivity contribution in [3.63, 3.8) is 0 Å². The van der Waals surface area contributed by atoms with E-state index < -0.39 is 0 Å². The summed E-state index contributed by atoms with van der Waals surface area (Å²) in [7, 11) is 0. The average molecular weight is 366 g/mol. The Kier molecular flexibility index (Phi) is 4.96. The zero-order valence-electron chi connectivity index (χ0n) is 10.7. The molecule has 0 heterocycles. The molecule has 2 rings (SSSR count). The molecule has 19 heavy (non-hydrogen) atoms. The van der Waals surface area contributed by atoms with E-state index in [0.29, 0.717) is 6.42 Å². The van der Waals surface area contributed by atoms with Crippen LogP contribution in [0.25, 0.3) is 0 Å². The first-order valence-electron chi connectivity index (χ1n) is 6.14. The van der Waals surface area contributed by atoms with Crippen LogP contribution in [0.1, 0.15) is 24.2 Å². The Labute approximate surface area is 126 Å². The number of hydrogen-bond donors (Lipinski definition) is 0. The normalized spacial score (nSPS) is 11.9. The van der Waals surface area contributed by atoms with Crippen LogP contribution in [-0.2, 0) is 16.0 Å². The van der Waals surface area contributed by atoms with Gasteiger partial charge in [-0.15, -0.1) is 0 Å². The summed E-state index contributed by atoms with van der Waals surface area (Å²) in [5.74, 6) is -0.194. The SMILES string of the molecule is C[C@H](OC(=O)Cc1ccccc1I)c1ccccc1. The van der Waals surface area contributed by atoms with Gasteiger partial charge in [0.2, 0.25) is 0 Å². The molecule has 98 valence electrons. The van der Waals surface area contributed by atoms with Crippen molar-refractivity contribution in [1.29, 1.82) is 0 Å². The van der Waals surface area contributed by atoms with Crippen molar-refractivity contribution in [2.75, 3.05) is 0 Å². The largest absolute Gasteiger partial charge is 0.458 e. The topological polar surface area (TPSA) is 26.3 Å². The van der Waals surface area contributed by atoms with Crippen molar-refractivity contribution >= 4 is 28.6 Å². The van der Waals surface area contributed by atoms with Gasteiger partial charge in [-0.1, -0.05) is 48.5 Å². The van der Waals surface area contributed by atoms with E-state index in [1.54, 1.807) is 0 Å². The van der Waals surface area contributed by atoms with Gasteiger partial charge in [0.1, 0.15) is 6.10 Å². The number of ether oxygens (including phenoxy) is 1. The number of rotatable bonds is 4. The lowest BCUT2D eigenvalue weighted by Gasteiger charge is -2.13. The molecule has 0 N–H and O–H groups in total. The third kappa shape index (κ3) is 4.06. The summed E-state index contributed by atoms with van der Waals surface area (Å²) in [5.41, 5.74) is 2.02. The molecule has 3 heteroatoms. The average Bonchev–Trinajstić information content (AvgIpc) is 2.42. The van der Waals surface area contributed by atoms with Gasteiger partial charge in [0, 0.05) is 3.57 Å². The fourth-order valence-corrected chi connectivity index (χ4v) is 2.41. The highest BCUT2D eigenvalue weighted by molar-refractivity contribution is 14.1. The Morgan fingerprint density at radius 2 is 1.74 bits per heavy atom. The van der Waals surface area contributed by atoms with Crippen LogP contribution in [0.4, 0.5) is 0 Å². The molecule has 0 amide bonds. The van der Waals surface area contributed by atoms with E-state index in [1.807, 2.05) is 61.5 Å². The van der Waals surface area contributed by atoms with Gasteiger partial charge in [-0.3, -0.25) is 4.79 Å². The molecule has 0 spiro atoms. The van der Waals surface area contributed by atoms with Crippen LogP contribution in [0.5, 0.6) is 0 Å². The molecular formula is C16H15IO2. The number of esters is 1. The summed E-state index contributed by atoms with van der Waals surface area (Å²) in [6.45, 7) is 1.89. The molecular weight excluding hydrogens is 351 g/mol. The van der Waals surface area contributed by atoms with Gasteiger partial charge in [0.25, 0.3) is 0 Å². The molecule has 0 unspecified atom stereocenters. The Morgan fingerprint density at radius 3 is 2.42 bits per heavy atom. The maximum Gasteiger partial charge on any atom is 0.310 e. The maximum absolute atomic E-state index is 11.9. The van der Waals surface area contributed by atoms with Crippen molar-refractivity contribution in [2.45, 2.75) is 19.4 Å². The molecule has 1 atom stereocenters. The molecule has 0 aliphatic carbocycles. The van der Waals surface area contributed by atoms with E-state index >= 15 is 0 Å². The number of halogens is 1. The molecule has 0 saturated heterocycles. The van der Waals surface area contributed by atoms with Crippen molar-refractivity contribution < 1.29 is 9.53 Å². The number of carbonyl (C=O) groups excluding carboxylic acids is 1. The van der Waals surface area contributed by atoms with Gasteiger partial charge in [0.05, 0.1) is 6.42 Å². The molecule has 0 aliphatic rings. The van der Waals surface area contributed by atoms with Crippen molar-refractivity contribution in [1.82, 2.24) is 0 Å². The van der Waals surface area contributed by atoms with E-state index in [0.717, 1.165) is 14.7 Å². The smallest absolute Gasteiger partial charge is 0.310 e. The van der Waals surface area contributed by atoms with Gasteiger partial charge in [-0.05, 0) is 46.7 Å². The first-order valence-corrected chi connectivity index (χ1v) is 7.22. The van der Waals surface area contributed by atoms with Gasteiger partial charge >= 0.3 is 5.97 Å². The molecule has 0 fully saturated rings. The van der Waals surface area contributed by atoms with Crippen LogP contribution in [0.3, 0.4) is 0 Å². The van der Waals surface area contributed by atoms with Crippen LogP contribution in [0.2, 0.25) is 0 Å². The lowest BCUT2D eigenvalue weighted by Crippen LogP contribution is -2.12. The van der Waals surface area contributed by atoms with Crippen LogP contribution in [0, 0.1) is 3.57 Å². The second-order valence-corrected chi connectivity index (χ2v) is 5.47. The predicted octanol–water partition coefficient (Wildman–Crippen LogP) is 4.14. The number of hydrogen-bond acceptors (Lipinski definition) is 2. The van der Waals surface area contributed by atoms with Crippen LogP contribution >= 0.6 is 22.6 Å². The third-order valence-electron chi connectivity index (χ3n) is 2.87. The minimum absolute atomic E-state index is 0.194. The Balaban J connectivity index is 1.97. The van der Waals surface area contributed by atoms with Crippen molar-refractivity contribution in [3.05, 3.63) is 69.3 Å². The van der Waals surface area contributed by atoms with Crippen LogP contribution in [-0.4, -0.2) is 5.97 Å². The van der Waals surface area contributed by atoms with Crippen LogP contribution < -0.4 is 0 Å². The molecule has 2 aromatic carbocycles. The molecule has 0 aliphatic heterocycles. The van der Waals surface area contributed by atoms with Gasteiger partial charge in [0.15, 0.2) is 0 Å². The molecule has 0 aromatic heterocycles. The lowest BCUT2D eigenvalue weighted by atomic mass is 10.1. The van der Waals surface area contributed by atoms with Gasteiger partial charge in [-0.2, -0.15) is 0 Å². The molecule has 0 bridgehead atoms. The predicted molar refractivity (Wildman–Crippen MR) is 83.8 cm³/mol. The zero-order chi connectivity index (χ0) is 13.7. The molecule has 2 aromatic rings. The van der Waals surface area contributed by atoms with Crippen molar-refractivity contribution in [2.24, 2.45) is 0 Å². The molecule has 0 saturated carbocycles. The second kappa shape index (κ2) is 6.70. The highest BCUT2D eigenvalue weighted by atomic mass is 127. The molecule has 2 nitrogen and oxygen atoms in total. The molecule has 0 radical (unpaired) electrons. The standard InChI is InChI=1S/C16H15IO2/c1-12(13-7-3-2-4-8-13)19-16(18)11-14-9-5-6-10-15(14)17/h2-10,12H,11H2,1H3/t12-/m0/s1. The van der Waals surface area contributed by atoms with Gasteiger partial charge < -0.3 is 4.74 Å². The van der Waals surface area contributed by atoms with E-state index in [1.165, 1.54) is 0 Å². The first-order chi connectivity index (χ1) is 9.16. The minimum Gasteiger partial charge on any atom is -0.458 e. The van der Waals surface area contributed by atoms with Gasteiger partial charge in [-0.25, -0.2) is 0 Å². The fourth-order valence-electron chi connectivity index (χ4n) is 1.83. The monoisotopic (exact) mass is 366 g/mol. The quantitative estimate of drug-likeness (QED) is 0.601. The highest BCUT2D eigenvalue weighted by Crippen LogP contribution is 2.18. The van der Waals surface area contributed by atoms with E-state index in [-0.39, 0.29) is 12.1 Å². The minimum atomic E-state index is -0.213. The Bertz CT molecular complexity index is 552. The van der Waals surface area contributed by atoms with E-state index in [4.69, 9.17) is 4.74 Å². The summed E-state index contributed by atoms with van der Waals surface area (Å²) >= 11 is 2.23. The fraction of sp³-hybridized carbons (Fsp3) is 0.188. The summed E-state index contributed by atoms with van der Waals surface area (Å²) in [6.07, 6.45) is 0.103. The summed E-state index contributed by atoms with van der Waals surface area (Å²) in [6, 6.07) is 17.6. The second-order valence-electron chi connectivity index (χ2n) is 4.31. The van der Waals surface area contributed by atoms with E-state index in [9.17, 15) is 4.79 Å². The Morgan fingerprint density at radius 1 is 1.11 bits per heavy atom. The summed E-state index contributed by atoms with van der Waals surface area (Å²) in [5, 5.41) is 0. The van der Waals surface area contributed by atoms with E-state index in [2.05, 4.69) is 22.6 Å². The highest BCUT2D eigenvalue weighted by Gasteiger charge is 2.13. The number of carbonyl (C=O) groups is 1. The Hall–Kier alpha value is -1.36.